The first-order valence-corrected chi connectivity index (χ1v) is 7.60. The van der Waals surface area contributed by atoms with E-state index in [1.807, 2.05) is 47.8 Å². The summed E-state index contributed by atoms with van der Waals surface area (Å²) in [4.78, 5) is 14.9. The number of rotatable bonds is 3. The molecule has 0 bridgehead atoms. The molecule has 1 aliphatic heterocycles. The second kappa shape index (κ2) is 5.72. The summed E-state index contributed by atoms with van der Waals surface area (Å²) in [5.41, 5.74) is 2.78. The number of benzene rings is 1. The van der Waals surface area contributed by atoms with Crippen LogP contribution in [0, 0.1) is 6.92 Å². The highest BCUT2D eigenvalue weighted by Crippen LogP contribution is 2.33. The molecule has 1 saturated heterocycles. The normalized spacial score (nSPS) is 18.2. The molecule has 2 heterocycles. The monoisotopic (exact) mass is 283 g/mol. The van der Waals surface area contributed by atoms with Crippen molar-refractivity contribution in [1.29, 1.82) is 0 Å². The first-order valence-electron chi connectivity index (χ1n) is 7.60. The van der Waals surface area contributed by atoms with Crippen molar-refractivity contribution in [2.24, 2.45) is 0 Å². The van der Waals surface area contributed by atoms with Crippen LogP contribution in [0.25, 0.3) is 0 Å². The zero-order valence-corrected chi connectivity index (χ0v) is 12.6. The smallest absolute Gasteiger partial charge is 0.257 e. The number of amides is 1. The Morgan fingerprint density at radius 1 is 1.33 bits per heavy atom. The zero-order chi connectivity index (χ0) is 14.8. The van der Waals surface area contributed by atoms with Gasteiger partial charge >= 0.3 is 0 Å². The fourth-order valence-corrected chi connectivity index (χ4v) is 3.08. The largest absolute Gasteiger partial charge is 0.331 e. The van der Waals surface area contributed by atoms with Crippen molar-refractivity contribution in [3.05, 3.63) is 53.3 Å². The molecule has 0 saturated carbocycles. The Hall–Kier alpha value is -2.10. The van der Waals surface area contributed by atoms with Gasteiger partial charge in [0.2, 0.25) is 0 Å². The van der Waals surface area contributed by atoms with Crippen LogP contribution in [0.5, 0.6) is 0 Å². The SMILES string of the molecule is CCn1cc(C(=O)N2CCC[C@H]2c2ccccc2)c(C)n1. The van der Waals surface area contributed by atoms with Gasteiger partial charge < -0.3 is 4.90 Å². The fourth-order valence-electron chi connectivity index (χ4n) is 3.08. The number of aryl methyl sites for hydroxylation is 2. The van der Waals surface area contributed by atoms with Crippen molar-refractivity contribution in [3.8, 4) is 0 Å². The van der Waals surface area contributed by atoms with Gasteiger partial charge in [-0.05, 0) is 32.3 Å². The van der Waals surface area contributed by atoms with E-state index in [0.29, 0.717) is 0 Å². The topological polar surface area (TPSA) is 38.1 Å². The van der Waals surface area contributed by atoms with Crippen molar-refractivity contribution >= 4 is 5.91 Å². The third-order valence-electron chi connectivity index (χ3n) is 4.20. The van der Waals surface area contributed by atoms with Gasteiger partial charge in [-0.15, -0.1) is 0 Å². The van der Waals surface area contributed by atoms with Crippen LogP contribution in [0.1, 0.15) is 47.4 Å². The number of carbonyl (C=O) groups excluding carboxylic acids is 1. The van der Waals surface area contributed by atoms with E-state index in [9.17, 15) is 4.79 Å². The predicted molar refractivity (Wildman–Crippen MR) is 82.1 cm³/mol. The second-order valence-electron chi connectivity index (χ2n) is 5.55. The summed E-state index contributed by atoms with van der Waals surface area (Å²) in [6.07, 6.45) is 3.97. The first kappa shape index (κ1) is 13.9. The van der Waals surface area contributed by atoms with Crippen LogP contribution in [0.2, 0.25) is 0 Å². The summed E-state index contributed by atoms with van der Waals surface area (Å²) in [5.74, 6) is 0.110. The van der Waals surface area contributed by atoms with E-state index in [-0.39, 0.29) is 11.9 Å². The minimum atomic E-state index is 0.110. The van der Waals surface area contributed by atoms with E-state index < -0.39 is 0 Å². The molecule has 1 aliphatic rings. The first-order chi connectivity index (χ1) is 10.2. The lowest BCUT2D eigenvalue weighted by Gasteiger charge is -2.25. The van der Waals surface area contributed by atoms with Crippen LogP contribution in [-0.2, 0) is 6.54 Å². The summed E-state index contributed by atoms with van der Waals surface area (Å²) in [6, 6.07) is 10.5. The number of hydrogen-bond donors (Lipinski definition) is 0. The highest BCUT2D eigenvalue weighted by atomic mass is 16.2. The molecular weight excluding hydrogens is 262 g/mol. The molecule has 110 valence electrons. The van der Waals surface area contributed by atoms with Crippen LogP contribution in [-0.4, -0.2) is 27.1 Å². The number of aromatic nitrogens is 2. The second-order valence-corrected chi connectivity index (χ2v) is 5.55. The number of likely N-dealkylation sites (tertiary alicyclic amines) is 1. The Bertz CT molecular complexity index is 633. The maximum Gasteiger partial charge on any atom is 0.257 e. The van der Waals surface area contributed by atoms with Gasteiger partial charge in [0.25, 0.3) is 5.91 Å². The molecule has 1 atom stereocenters. The Morgan fingerprint density at radius 3 is 2.76 bits per heavy atom. The molecule has 4 heteroatoms. The Balaban J connectivity index is 1.88. The summed E-state index contributed by atoms with van der Waals surface area (Å²) < 4.78 is 1.83. The summed E-state index contributed by atoms with van der Waals surface area (Å²) in [5, 5.41) is 4.39. The van der Waals surface area contributed by atoms with E-state index in [4.69, 9.17) is 0 Å². The van der Waals surface area contributed by atoms with Gasteiger partial charge in [-0.3, -0.25) is 9.48 Å². The highest BCUT2D eigenvalue weighted by molar-refractivity contribution is 5.95. The summed E-state index contributed by atoms with van der Waals surface area (Å²) >= 11 is 0. The van der Waals surface area contributed by atoms with Gasteiger partial charge in [-0.1, -0.05) is 30.3 Å². The minimum absolute atomic E-state index is 0.110. The molecule has 0 spiro atoms. The maximum atomic E-state index is 12.9. The molecule has 1 aromatic carbocycles. The lowest BCUT2D eigenvalue weighted by atomic mass is 10.0. The van der Waals surface area contributed by atoms with E-state index in [0.717, 1.165) is 37.2 Å². The van der Waals surface area contributed by atoms with Crippen molar-refractivity contribution in [2.45, 2.75) is 39.3 Å². The molecule has 21 heavy (non-hydrogen) atoms. The number of carbonyl (C=O) groups is 1. The molecule has 0 aliphatic carbocycles. The predicted octanol–water partition coefficient (Wildman–Crippen LogP) is 3.19. The van der Waals surface area contributed by atoms with Gasteiger partial charge in [-0.2, -0.15) is 5.10 Å². The van der Waals surface area contributed by atoms with Gasteiger partial charge in [0, 0.05) is 19.3 Å². The van der Waals surface area contributed by atoms with Crippen LogP contribution in [0.4, 0.5) is 0 Å². The maximum absolute atomic E-state index is 12.9. The van der Waals surface area contributed by atoms with Crippen molar-refractivity contribution < 1.29 is 4.79 Å². The summed E-state index contributed by atoms with van der Waals surface area (Å²) in [7, 11) is 0. The zero-order valence-electron chi connectivity index (χ0n) is 12.6. The Morgan fingerprint density at radius 2 is 2.10 bits per heavy atom. The van der Waals surface area contributed by atoms with Crippen molar-refractivity contribution in [1.82, 2.24) is 14.7 Å². The molecule has 2 aromatic rings. The minimum Gasteiger partial charge on any atom is -0.331 e. The molecule has 1 aromatic heterocycles. The molecule has 0 N–H and O–H groups in total. The molecule has 1 fully saturated rings. The van der Waals surface area contributed by atoms with Crippen molar-refractivity contribution in [3.63, 3.8) is 0 Å². The average molecular weight is 283 g/mol. The van der Waals surface area contributed by atoms with Crippen LogP contribution >= 0.6 is 0 Å². The fraction of sp³-hybridized carbons (Fsp3) is 0.412. The Kier molecular flexibility index (Phi) is 3.78. The number of nitrogens with zero attached hydrogens (tertiary/aromatic N) is 3. The third kappa shape index (κ3) is 2.58. The molecule has 0 unspecified atom stereocenters. The molecule has 1 amide bonds. The van der Waals surface area contributed by atoms with Gasteiger partial charge in [-0.25, -0.2) is 0 Å². The van der Waals surface area contributed by atoms with E-state index in [1.54, 1.807) is 0 Å². The van der Waals surface area contributed by atoms with Crippen LogP contribution in [0.15, 0.2) is 36.5 Å². The molecular formula is C17H21N3O. The molecule has 3 rings (SSSR count). The van der Waals surface area contributed by atoms with Crippen LogP contribution in [0.3, 0.4) is 0 Å². The van der Waals surface area contributed by atoms with Crippen molar-refractivity contribution in [2.75, 3.05) is 6.54 Å². The van der Waals surface area contributed by atoms with Crippen LogP contribution < -0.4 is 0 Å². The standard InChI is InChI=1S/C17H21N3O/c1-3-19-12-15(13(2)18-19)17(21)20-11-7-10-16(20)14-8-5-4-6-9-14/h4-6,8-9,12,16H,3,7,10-11H2,1-2H3/t16-/m0/s1. The van der Waals surface area contributed by atoms with E-state index >= 15 is 0 Å². The lowest BCUT2D eigenvalue weighted by Crippen LogP contribution is -2.30. The third-order valence-corrected chi connectivity index (χ3v) is 4.20. The lowest BCUT2D eigenvalue weighted by molar-refractivity contribution is 0.0735. The number of hydrogen-bond acceptors (Lipinski definition) is 2. The molecule has 4 nitrogen and oxygen atoms in total. The van der Waals surface area contributed by atoms with Gasteiger partial charge in [0.1, 0.15) is 0 Å². The van der Waals surface area contributed by atoms with Gasteiger partial charge in [0.15, 0.2) is 0 Å². The quantitative estimate of drug-likeness (QED) is 0.867. The highest BCUT2D eigenvalue weighted by Gasteiger charge is 2.31. The Labute approximate surface area is 125 Å². The van der Waals surface area contributed by atoms with Gasteiger partial charge in [0.05, 0.1) is 17.3 Å². The molecule has 0 radical (unpaired) electrons. The summed E-state index contributed by atoms with van der Waals surface area (Å²) in [6.45, 7) is 5.56. The van der Waals surface area contributed by atoms with E-state index in [2.05, 4.69) is 17.2 Å². The van der Waals surface area contributed by atoms with E-state index in [1.165, 1.54) is 5.56 Å². The average Bonchev–Trinajstić information content (AvgIpc) is 3.14.